The van der Waals surface area contributed by atoms with Gasteiger partial charge in [-0.05, 0) is 58.8 Å². The van der Waals surface area contributed by atoms with Crippen LogP contribution in [0.1, 0.15) is 23.5 Å². The number of fused-ring (bicyclic) bond motifs is 1. The third-order valence-electron chi connectivity index (χ3n) is 3.76. The summed E-state index contributed by atoms with van der Waals surface area (Å²) < 4.78 is 1.09. The second-order valence-corrected chi connectivity index (χ2v) is 6.51. The van der Waals surface area contributed by atoms with Gasteiger partial charge in [0.1, 0.15) is 0 Å². The number of carbonyl (C=O) groups excluding carboxylic acids is 2. The van der Waals surface area contributed by atoms with Crippen molar-refractivity contribution in [3.8, 4) is 0 Å². The van der Waals surface area contributed by atoms with E-state index < -0.39 is 5.92 Å². The monoisotopic (exact) mass is 406 g/mol. The third-order valence-corrected chi connectivity index (χ3v) is 4.92. The van der Waals surface area contributed by atoms with Gasteiger partial charge >= 0.3 is 0 Å². The number of carbonyl (C=O) groups is 2. The van der Waals surface area contributed by atoms with E-state index in [2.05, 4.69) is 33.2 Å². The normalized spacial score (nSPS) is 16.6. The Morgan fingerprint density at radius 3 is 2.82 bits per heavy atom. The maximum Gasteiger partial charge on any atom is 0.232 e. The summed E-state index contributed by atoms with van der Waals surface area (Å²) in [6.07, 6.45) is 0.172. The van der Waals surface area contributed by atoms with Crippen LogP contribution in [0.4, 0.5) is 11.4 Å². The summed E-state index contributed by atoms with van der Waals surface area (Å²) in [5.74, 6) is -0.733. The molecule has 0 bridgehead atoms. The van der Waals surface area contributed by atoms with Crippen LogP contribution < -0.4 is 10.6 Å². The topological polar surface area (TPSA) is 58.2 Å². The van der Waals surface area contributed by atoms with E-state index >= 15 is 0 Å². The quantitative estimate of drug-likeness (QED) is 0.748. The summed E-state index contributed by atoms with van der Waals surface area (Å²) in [5, 5.41) is 5.72. The van der Waals surface area contributed by atoms with Gasteiger partial charge in [0, 0.05) is 21.4 Å². The molecule has 22 heavy (non-hydrogen) atoms. The van der Waals surface area contributed by atoms with Gasteiger partial charge in [-0.15, -0.1) is 0 Å². The van der Waals surface area contributed by atoms with Crippen molar-refractivity contribution in [1.29, 1.82) is 0 Å². The molecule has 2 aromatic carbocycles. The van der Waals surface area contributed by atoms with Gasteiger partial charge in [-0.25, -0.2) is 0 Å². The summed E-state index contributed by atoms with van der Waals surface area (Å²) in [4.78, 5) is 24.4. The standard InChI is InChI=1S/C17H15IN2O2/c1-10-6-7-11(8-14(10)18)19-17(22)13-9-16(21)20-15-5-3-2-4-12(13)15/h2-8,13H,9H2,1H3,(H,19,22)(H,20,21)/t13-/m0/s1. The van der Waals surface area contributed by atoms with Gasteiger partial charge < -0.3 is 10.6 Å². The molecule has 0 radical (unpaired) electrons. The lowest BCUT2D eigenvalue weighted by atomic mass is 9.90. The van der Waals surface area contributed by atoms with E-state index in [1.54, 1.807) is 0 Å². The zero-order chi connectivity index (χ0) is 15.7. The zero-order valence-corrected chi connectivity index (χ0v) is 14.2. The molecule has 0 fully saturated rings. The Hall–Kier alpha value is -1.89. The van der Waals surface area contributed by atoms with Crippen molar-refractivity contribution in [3.05, 3.63) is 57.2 Å². The number of hydrogen-bond acceptors (Lipinski definition) is 2. The number of para-hydroxylation sites is 1. The summed E-state index contributed by atoms with van der Waals surface area (Å²) in [7, 11) is 0. The predicted octanol–water partition coefficient (Wildman–Crippen LogP) is 3.66. The Morgan fingerprint density at radius 2 is 2.05 bits per heavy atom. The lowest BCUT2D eigenvalue weighted by Crippen LogP contribution is -2.30. The van der Waals surface area contributed by atoms with Crippen molar-refractivity contribution in [2.45, 2.75) is 19.3 Å². The minimum absolute atomic E-state index is 0.127. The lowest BCUT2D eigenvalue weighted by Gasteiger charge is -2.24. The fourth-order valence-corrected chi connectivity index (χ4v) is 3.06. The van der Waals surface area contributed by atoms with Crippen molar-refractivity contribution in [2.75, 3.05) is 10.6 Å². The number of benzene rings is 2. The first kappa shape index (κ1) is 15.0. The molecule has 0 spiro atoms. The molecular formula is C17H15IN2O2. The van der Waals surface area contributed by atoms with Crippen LogP contribution >= 0.6 is 22.6 Å². The van der Waals surface area contributed by atoms with Gasteiger partial charge in [0.05, 0.1) is 5.92 Å². The van der Waals surface area contributed by atoms with Gasteiger partial charge in [0.15, 0.2) is 0 Å². The van der Waals surface area contributed by atoms with Crippen LogP contribution in [0.25, 0.3) is 0 Å². The fourth-order valence-electron chi connectivity index (χ4n) is 2.55. The SMILES string of the molecule is Cc1ccc(NC(=O)[C@H]2CC(=O)Nc3ccccc32)cc1I. The van der Waals surface area contributed by atoms with E-state index in [-0.39, 0.29) is 18.2 Å². The summed E-state index contributed by atoms with van der Waals surface area (Å²) in [6.45, 7) is 2.02. The minimum atomic E-state index is -0.455. The Labute approximate surface area is 142 Å². The molecule has 4 nitrogen and oxygen atoms in total. The summed E-state index contributed by atoms with van der Waals surface area (Å²) in [6, 6.07) is 13.2. The second-order valence-electron chi connectivity index (χ2n) is 5.35. The number of nitrogens with one attached hydrogen (secondary N) is 2. The highest BCUT2D eigenvalue weighted by Crippen LogP contribution is 2.33. The number of hydrogen-bond donors (Lipinski definition) is 2. The first-order chi connectivity index (χ1) is 10.5. The summed E-state index contributed by atoms with van der Waals surface area (Å²) >= 11 is 2.24. The molecular weight excluding hydrogens is 391 g/mol. The average Bonchev–Trinajstić information content (AvgIpc) is 2.50. The predicted molar refractivity (Wildman–Crippen MR) is 95.0 cm³/mol. The maximum atomic E-state index is 12.6. The highest BCUT2D eigenvalue weighted by atomic mass is 127. The number of amides is 2. The smallest absolute Gasteiger partial charge is 0.232 e. The van der Waals surface area contributed by atoms with E-state index in [1.807, 2.05) is 49.4 Å². The largest absolute Gasteiger partial charge is 0.326 e. The highest BCUT2D eigenvalue weighted by molar-refractivity contribution is 14.1. The molecule has 2 N–H and O–H groups in total. The average molecular weight is 406 g/mol. The van der Waals surface area contributed by atoms with Gasteiger partial charge in [-0.3, -0.25) is 9.59 Å². The van der Waals surface area contributed by atoms with Crippen molar-refractivity contribution >= 4 is 45.8 Å². The molecule has 5 heteroatoms. The molecule has 1 aliphatic heterocycles. The number of aryl methyl sites for hydroxylation is 1. The van der Waals surface area contributed by atoms with E-state index in [0.717, 1.165) is 20.5 Å². The highest BCUT2D eigenvalue weighted by Gasteiger charge is 2.30. The molecule has 0 unspecified atom stereocenters. The molecule has 2 amide bonds. The van der Waals surface area contributed by atoms with Gasteiger partial charge in [0.25, 0.3) is 0 Å². The number of rotatable bonds is 2. The molecule has 2 aromatic rings. The van der Waals surface area contributed by atoms with E-state index in [0.29, 0.717) is 0 Å². The first-order valence-electron chi connectivity index (χ1n) is 7.00. The lowest BCUT2D eigenvalue weighted by molar-refractivity contribution is -0.123. The van der Waals surface area contributed by atoms with Crippen LogP contribution in [-0.2, 0) is 9.59 Å². The molecule has 0 aromatic heterocycles. The Balaban J connectivity index is 1.86. The molecule has 112 valence electrons. The van der Waals surface area contributed by atoms with Gasteiger partial charge in [-0.2, -0.15) is 0 Å². The van der Waals surface area contributed by atoms with E-state index in [1.165, 1.54) is 5.56 Å². The van der Waals surface area contributed by atoms with Crippen molar-refractivity contribution in [3.63, 3.8) is 0 Å². The maximum absolute atomic E-state index is 12.6. The number of anilines is 2. The third kappa shape index (κ3) is 2.99. The Bertz CT molecular complexity index is 758. The van der Waals surface area contributed by atoms with Crippen LogP contribution in [0.15, 0.2) is 42.5 Å². The fraction of sp³-hybridized carbons (Fsp3) is 0.176. The van der Waals surface area contributed by atoms with Gasteiger partial charge in [-0.1, -0.05) is 24.3 Å². The van der Waals surface area contributed by atoms with Crippen molar-refractivity contribution < 1.29 is 9.59 Å². The van der Waals surface area contributed by atoms with Gasteiger partial charge in [0.2, 0.25) is 11.8 Å². The summed E-state index contributed by atoms with van der Waals surface area (Å²) in [5.41, 5.74) is 3.50. The molecule has 0 saturated heterocycles. The molecule has 1 aliphatic rings. The molecule has 3 rings (SSSR count). The second kappa shape index (κ2) is 6.08. The number of halogens is 1. The molecule has 1 heterocycles. The van der Waals surface area contributed by atoms with E-state index in [9.17, 15) is 9.59 Å². The zero-order valence-electron chi connectivity index (χ0n) is 12.0. The minimum Gasteiger partial charge on any atom is -0.326 e. The first-order valence-corrected chi connectivity index (χ1v) is 8.08. The van der Waals surface area contributed by atoms with Crippen LogP contribution in [0.2, 0.25) is 0 Å². The van der Waals surface area contributed by atoms with Crippen molar-refractivity contribution in [1.82, 2.24) is 0 Å². The Morgan fingerprint density at radius 1 is 1.27 bits per heavy atom. The van der Waals surface area contributed by atoms with Crippen LogP contribution in [0.5, 0.6) is 0 Å². The van der Waals surface area contributed by atoms with Crippen LogP contribution in [0, 0.1) is 10.5 Å². The molecule has 0 aliphatic carbocycles. The van der Waals surface area contributed by atoms with E-state index in [4.69, 9.17) is 0 Å². The van der Waals surface area contributed by atoms with Crippen molar-refractivity contribution in [2.24, 2.45) is 0 Å². The van der Waals surface area contributed by atoms with Crippen LogP contribution in [0.3, 0.4) is 0 Å². The Kier molecular flexibility index (Phi) is 4.15. The molecule has 1 atom stereocenters. The van der Waals surface area contributed by atoms with Crippen LogP contribution in [-0.4, -0.2) is 11.8 Å². The molecule has 0 saturated carbocycles.